The Labute approximate surface area is 236 Å². The summed E-state index contributed by atoms with van der Waals surface area (Å²) in [4.78, 5) is 48.4. The molecule has 2 aromatic carbocycles. The number of ether oxygens (including phenoxy) is 2. The highest BCUT2D eigenvalue weighted by Gasteiger charge is 2.46. The summed E-state index contributed by atoms with van der Waals surface area (Å²) in [5.74, 6) is -0.455. The summed E-state index contributed by atoms with van der Waals surface area (Å²) in [6, 6.07) is 8.08. The van der Waals surface area contributed by atoms with Crippen LogP contribution in [0, 0.1) is 31.1 Å². The summed E-state index contributed by atoms with van der Waals surface area (Å²) in [6.07, 6.45) is 2.04. The molecule has 0 atom stereocenters. The number of hydrogen-bond acceptors (Lipinski definition) is 9. The minimum absolute atomic E-state index is 0.0151. The van der Waals surface area contributed by atoms with Crippen molar-refractivity contribution in [1.82, 2.24) is 5.32 Å². The Bertz CT molecular complexity index is 1530. The number of hydrogen-bond donors (Lipinski definition) is 1. The Morgan fingerprint density at radius 3 is 1.85 bits per heavy atom. The normalized spacial score (nSPS) is 19.7. The maximum atomic E-state index is 13.6. The van der Waals surface area contributed by atoms with Crippen molar-refractivity contribution in [1.29, 1.82) is 0 Å². The van der Waals surface area contributed by atoms with Crippen molar-refractivity contribution in [2.45, 2.75) is 59.3 Å². The van der Waals surface area contributed by atoms with Crippen LogP contribution in [0.1, 0.15) is 64.9 Å². The molecule has 5 rings (SSSR count). The minimum atomic E-state index is -0.757. The first-order valence-corrected chi connectivity index (χ1v) is 13.3. The number of allylic oxidation sites excluding steroid dienone is 4. The molecule has 3 aliphatic rings. The molecule has 0 amide bonds. The predicted octanol–water partition coefficient (Wildman–Crippen LogP) is 6.28. The van der Waals surface area contributed by atoms with E-state index in [1.54, 1.807) is 18.2 Å². The van der Waals surface area contributed by atoms with Crippen molar-refractivity contribution in [2.24, 2.45) is 10.8 Å². The van der Waals surface area contributed by atoms with Crippen molar-refractivity contribution in [2.75, 3.05) is 7.11 Å². The fraction of sp³-hybridized carbons (Fsp3) is 0.400. The molecule has 0 unspecified atom stereocenters. The molecule has 0 bridgehead atoms. The number of ketones is 2. The number of nitro benzene ring substituents is 2. The quantitative estimate of drug-likeness (QED) is 0.317. The van der Waals surface area contributed by atoms with E-state index in [1.165, 1.54) is 7.11 Å². The van der Waals surface area contributed by atoms with E-state index >= 15 is 0 Å². The Morgan fingerprint density at radius 2 is 1.34 bits per heavy atom. The van der Waals surface area contributed by atoms with E-state index in [4.69, 9.17) is 9.47 Å². The second-order valence-electron chi connectivity index (χ2n) is 12.4. The number of carbonyl (C=O) groups excluding carboxylic acids is 2. The second-order valence-corrected chi connectivity index (χ2v) is 12.4. The van der Waals surface area contributed by atoms with Crippen molar-refractivity contribution >= 4 is 22.9 Å². The van der Waals surface area contributed by atoms with Gasteiger partial charge in [0.15, 0.2) is 23.1 Å². The SMILES string of the molecule is COc1cc(C2C3=C(CC(C)(C)CC3=O)NC3=C2C(=O)CC(C)(C)C3)ccc1Oc1ccc([N+](=O)[O-])cc1[N+](=O)[O-]. The van der Waals surface area contributed by atoms with Crippen LogP contribution in [-0.2, 0) is 9.59 Å². The van der Waals surface area contributed by atoms with E-state index in [0.717, 1.165) is 29.6 Å². The van der Waals surface area contributed by atoms with Crippen LogP contribution in [0.25, 0.3) is 0 Å². The lowest BCUT2D eigenvalue weighted by Gasteiger charge is -2.44. The van der Waals surface area contributed by atoms with E-state index in [0.29, 0.717) is 42.4 Å². The molecule has 214 valence electrons. The van der Waals surface area contributed by atoms with Crippen LogP contribution in [0.15, 0.2) is 58.9 Å². The summed E-state index contributed by atoms with van der Waals surface area (Å²) >= 11 is 0. The highest BCUT2D eigenvalue weighted by molar-refractivity contribution is 6.06. The van der Waals surface area contributed by atoms with Crippen LogP contribution in [-0.4, -0.2) is 28.5 Å². The molecule has 1 heterocycles. The van der Waals surface area contributed by atoms with Gasteiger partial charge in [0.25, 0.3) is 5.69 Å². The summed E-state index contributed by atoms with van der Waals surface area (Å²) in [6.45, 7) is 8.21. The largest absolute Gasteiger partial charge is 0.493 e. The number of Topliss-reactive ketones (excluding diaryl/α,β-unsaturated/α-hetero) is 2. The Kier molecular flexibility index (Phi) is 6.71. The number of dihydropyridines is 1. The van der Waals surface area contributed by atoms with E-state index in [-0.39, 0.29) is 39.6 Å². The molecule has 1 N–H and O–H groups in total. The van der Waals surface area contributed by atoms with E-state index in [1.807, 2.05) is 0 Å². The molecular weight excluding hydrogens is 530 g/mol. The fourth-order valence-electron chi connectivity index (χ4n) is 6.14. The molecule has 41 heavy (non-hydrogen) atoms. The van der Waals surface area contributed by atoms with E-state index < -0.39 is 27.1 Å². The fourth-order valence-corrected chi connectivity index (χ4v) is 6.14. The summed E-state index contributed by atoms with van der Waals surface area (Å²) in [7, 11) is 1.41. The first-order chi connectivity index (χ1) is 19.2. The van der Waals surface area contributed by atoms with E-state index in [2.05, 4.69) is 33.0 Å². The number of carbonyl (C=O) groups is 2. The number of non-ortho nitro benzene ring substituents is 1. The zero-order chi connectivity index (χ0) is 29.9. The standard InChI is InChI=1S/C30H31N3O8/c1-29(2)12-18-27(21(34)14-29)26(28-19(31-18)13-30(3,4)15-22(28)35)16-6-8-24(25(10-16)40-5)41-23-9-7-17(32(36)37)11-20(23)33(38)39/h6-11,26,31H,12-15H2,1-5H3. The number of methoxy groups -OCH3 is 1. The first kappa shape index (κ1) is 28.0. The molecule has 0 saturated carbocycles. The highest BCUT2D eigenvalue weighted by atomic mass is 16.6. The highest BCUT2D eigenvalue weighted by Crippen LogP contribution is 2.52. The minimum Gasteiger partial charge on any atom is -0.493 e. The third-order valence-electron chi connectivity index (χ3n) is 7.81. The smallest absolute Gasteiger partial charge is 0.318 e. The van der Waals surface area contributed by atoms with Gasteiger partial charge in [-0.25, -0.2) is 0 Å². The van der Waals surface area contributed by atoms with Gasteiger partial charge in [-0.1, -0.05) is 33.8 Å². The van der Waals surface area contributed by atoms with Gasteiger partial charge in [0.2, 0.25) is 5.75 Å². The predicted molar refractivity (Wildman–Crippen MR) is 149 cm³/mol. The monoisotopic (exact) mass is 561 g/mol. The third-order valence-corrected chi connectivity index (χ3v) is 7.81. The lowest BCUT2D eigenvalue weighted by atomic mass is 9.64. The molecule has 0 radical (unpaired) electrons. The molecule has 0 fully saturated rings. The molecule has 2 aliphatic carbocycles. The van der Waals surface area contributed by atoms with Gasteiger partial charge in [-0.15, -0.1) is 0 Å². The molecule has 0 spiro atoms. The molecule has 2 aromatic rings. The zero-order valence-corrected chi connectivity index (χ0v) is 23.5. The average Bonchev–Trinajstić information content (AvgIpc) is 2.86. The van der Waals surface area contributed by atoms with Crippen molar-refractivity contribution < 1.29 is 28.9 Å². The van der Waals surface area contributed by atoms with Gasteiger partial charge < -0.3 is 14.8 Å². The van der Waals surface area contributed by atoms with Gasteiger partial charge in [0, 0.05) is 47.4 Å². The van der Waals surface area contributed by atoms with Crippen LogP contribution in [0.3, 0.4) is 0 Å². The number of nitrogens with zero attached hydrogens (tertiary/aromatic N) is 2. The lowest BCUT2D eigenvalue weighted by Crippen LogP contribution is -2.42. The van der Waals surface area contributed by atoms with Crippen LogP contribution < -0.4 is 14.8 Å². The maximum absolute atomic E-state index is 13.6. The summed E-state index contributed by atoms with van der Waals surface area (Å²) < 4.78 is 11.4. The van der Waals surface area contributed by atoms with Gasteiger partial charge in [0.05, 0.1) is 23.0 Å². The van der Waals surface area contributed by atoms with Gasteiger partial charge in [-0.2, -0.15) is 0 Å². The first-order valence-electron chi connectivity index (χ1n) is 13.3. The molecule has 0 saturated heterocycles. The van der Waals surface area contributed by atoms with Crippen LogP contribution >= 0.6 is 0 Å². The molecular formula is C30H31N3O8. The summed E-state index contributed by atoms with van der Waals surface area (Å²) in [5.41, 5.74) is 2.03. The van der Waals surface area contributed by atoms with Crippen LogP contribution in [0.2, 0.25) is 0 Å². The van der Waals surface area contributed by atoms with Crippen LogP contribution in [0.5, 0.6) is 17.2 Å². The Hall–Kier alpha value is -4.54. The van der Waals surface area contributed by atoms with Gasteiger partial charge in [-0.05, 0) is 47.4 Å². The topological polar surface area (TPSA) is 151 Å². The van der Waals surface area contributed by atoms with Gasteiger partial charge in [0.1, 0.15) is 0 Å². The second kappa shape index (κ2) is 9.83. The molecule has 11 heteroatoms. The average molecular weight is 562 g/mol. The number of benzene rings is 2. The maximum Gasteiger partial charge on any atom is 0.318 e. The van der Waals surface area contributed by atoms with Crippen LogP contribution in [0.4, 0.5) is 11.4 Å². The van der Waals surface area contributed by atoms with Crippen molar-refractivity contribution in [3.8, 4) is 17.2 Å². The Balaban J connectivity index is 1.60. The molecule has 1 aliphatic heterocycles. The molecule has 11 nitrogen and oxygen atoms in total. The Morgan fingerprint density at radius 1 is 0.780 bits per heavy atom. The van der Waals surface area contributed by atoms with Gasteiger partial charge >= 0.3 is 5.69 Å². The number of rotatable bonds is 6. The van der Waals surface area contributed by atoms with E-state index in [9.17, 15) is 29.8 Å². The lowest BCUT2D eigenvalue weighted by molar-refractivity contribution is -0.394. The number of nitro groups is 2. The van der Waals surface area contributed by atoms with Crippen molar-refractivity contribution in [3.63, 3.8) is 0 Å². The van der Waals surface area contributed by atoms with Crippen molar-refractivity contribution in [3.05, 3.63) is 84.7 Å². The zero-order valence-electron chi connectivity index (χ0n) is 23.5. The molecule has 0 aromatic heterocycles. The third kappa shape index (κ3) is 5.19. The summed E-state index contributed by atoms with van der Waals surface area (Å²) in [5, 5.41) is 26.2. The van der Waals surface area contributed by atoms with Gasteiger partial charge in [-0.3, -0.25) is 29.8 Å². The number of nitrogens with one attached hydrogen (secondary N) is 1.